The number of nitriles is 1. The maximum atomic E-state index is 9.88. The van der Waals surface area contributed by atoms with Crippen molar-refractivity contribution < 1.29 is 4.74 Å². The normalized spacial score (nSPS) is 20.7. The van der Waals surface area contributed by atoms with E-state index < -0.39 is 5.60 Å². The van der Waals surface area contributed by atoms with Crippen molar-refractivity contribution in [3.8, 4) is 6.07 Å². The van der Waals surface area contributed by atoms with Gasteiger partial charge in [0.25, 0.3) is 0 Å². The first-order valence-electron chi connectivity index (χ1n) is 8.89. The molecule has 1 fully saturated rings. The zero-order valence-electron chi connectivity index (χ0n) is 14.8. The van der Waals surface area contributed by atoms with E-state index in [4.69, 9.17) is 16.3 Å². The summed E-state index contributed by atoms with van der Waals surface area (Å²) in [5.74, 6) is 0. The van der Waals surface area contributed by atoms with Crippen molar-refractivity contribution in [3.05, 3.63) is 101 Å². The molecule has 0 N–H and O–H groups in total. The SMILES string of the molecule is N#C[C@]1(CN(Cc2ccccc2)c2ccccc2)O[C@@H]1c1ccc(Cl)cc1. The summed E-state index contributed by atoms with van der Waals surface area (Å²) >= 11 is 5.98. The van der Waals surface area contributed by atoms with Gasteiger partial charge in [0.2, 0.25) is 5.60 Å². The van der Waals surface area contributed by atoms with Crippen molar-refractivity contribution in [2.24, 2.45) is 0 Å². The number of epoxide rings is 1. The van der Waals surface area contributed by atoms with Gasteiger partial charge in [-0.25, -0.2) is 0 Å². The van der Waals surface area contributed by atoms with Crippen LogP contribution in [-0.2, 0) is 11.3 Å². The van der Waals surface area contributed by atoms with Crippen molar-refractivity contribution in [3.63, 3.8) is 0 Å². The Kier molecular flexibility index (Phi) is 4.85. The molecule has 27 heavy (non-hydrogen) atoms. The fourth-order valence-corrected chi connectivity index (χ4v) is 3.48. The van der Waals surface area contributed by atoms with Crippen molar-refractivity contribution in [1.29, 1.82) is 5.26 Å². The number of para-hydroxylation sites is 1. The molecule has 4 heteroatoms. The van der Waals surface area contributed by atoms with Crippen LogP contribution in [0.15, 0.2) is 84.9 Å². The largest absolute Gasteiger partial charge is 0.363 e. The molecule has 0 aliphatic carbocycles. The summed E-state index contributed by atoms with van der Waals surface area (Å²) in [5, 5.41) is 10.6. The Bertz CT molecular complexity index is 938. The molecule has 0 saturated carbocycles. The molecule has 0 aromatic heterocycles. The minimum atomic E-state index is -0.849. The predicted octanol–water partition coefficient (Wildman–Crippen LogP) is 5.38. The standard InChI is InChI=1S/C23H19ClN2O/c24-20-13-11-19(12-14-20)22-23(16-25,27-22)17-26(21-9-5-2-6-10-21)15-18-7-3-1-4-8-18/h1-14,22H,15,17H2/t22-,23-/m1/s1. The zero-order valence-corrected chi connectivity index (χ0v) is 15.5. The van der Waals surface area contributed by atoms with Crippen LogP contribution in [-0.4, -0.2) is 12.1 Å². The van der Waals surface area contributed by atoms with Crippen LogP contribution in [0.3, 0.4) is 0 Å². The Hall–Kier alpha value is -2.80. The first kappa shape index (κ1) is 17.6. The molecule has 2 atom stereocenters. The molecule has 1 aliphatic heterocycles. The fourth-order valence-electron chi connectivity index (χ4n) is 3.36. The number of anilines is 1. The second-order valence-electron chi connectivity index (χ2n) is 6.73. The monoisotopic (exact) mass is 374 g/mol. The lowest BCUT2D eigenvalue weighted by atomic mass is 9.99. The van der Waals surface area contributed by atoms with Gasteiger partial charge in [-0.05, 0) is 35.4 Å². The Morgan fingerprint density at radius 2 is 1.56 bits per heavy atom. The molecule has 4 rings (SSSR count). The van der Waals surface area contributed by atoms with Crippen LogP contribution in [0.2, 0.25) is 5.02 Å². The first-order chi connectivity index (χ1) is 13.2. The number of benzene rings is 3. The zero-order chi connectivity index (χ0) is 18.7. The van der Waals surface area contributed by atoms with Crippen molar-refractivity contribution in [1.82, 2.24) is 0 Å². The topological polar surface area (TPSA) is 39.6 Å². The average Bonchev–Trinajstić information content (AvgIpc) is 3.44. The summed E-state index contributed by atoms with van der Waals surface area (Å²) in [6.45, 7) is 1.21. The first-order valence-corrected chi connectivity index (χ1v) is 9.26. The molecular weight excluding hydrogens is 356 g/mol. The van der Waals surface area contributed by atoms with E-state index in [1.54, 1.807) is 0 Å². The number of ether oxygens (including phenoxy) is 1. The summed E-state index contributed by atoms with van der Waals surface area (Å²) in [5.41, 5.74) is 2.39. The smallest absolute Gasteiger partial charge is 0.202 e. The molecule has 1 saturated heterocycles. The minimum Gasteiger partial charge on any atom is -0.363 e. The maximum Gasteiger partial charge on any atom is 0.202 e. The fraction of sp³-hybridized carbons (Fsp3) is 0.174. The van der Waals surface area contributed by atoms with Gasteiger partial charge in [0.1, 0.15) is 12.2 Å². The number of halogens is 1. The van der Waals surface area contributed by atoms with Crippen molar-refractivity contribution in [2.45, 2.75) is 18.2 Å². The van der Waals surface area contributed by atoms with Crippen LogP contribution in [0, 0.1) is 11.3 Å². The van der Waals surface area contributed by atoms with Crippen LogP contribution in [0.4, 0.5) is 5.69 Å². The third-order valence-corrected chi connectivity index (χ3v) is 5.07. The van der Waals surface area contributed by atoms with Crippen LogP contribution < -0.4 is 4.90 Å². The van der Waals surface area contributed by atoms with E-state index in [1.165, 1.54) is 5.56 Å². The van der Waals surface area contributed by atoms with Gasteiger partial charge in [0.05, 0.1) is 6.54 Å². The van der Waals surface area contributed by atoms with Gasteiger partial charge in [-0.2, -0.15) is 5.26 Å². The summed E-state index contributed by atoms with van der Waals surface area (Å²) in [4.78, 5) is 2.20. The number of rotatable bonds is 6. The average molecular weight is 375 g/mol. The lowest BCUT2D eigenvalue weighted by Gasteiger charge is -2.26. The number of hydrogen-bond acceptors (Lipinski definition) is 3. The molecule has 134 valence electrons. The Labute approximate surface area is 164 Å². The van der Waals surface area contributed by atoms with Crippen molar-refractivity contribution in [2.75, 3.05) is 11.4 Å². The second-order valence-corrected chi connectivity index (χ2v) is 7.16. The van der Waals surface area contributed by atoms with Crippen molar-refractivity contribution >= 4 is 17.3 Å². The summed E-state index contributed by atoms with van der Waals surface area (Å²) in [7, 11) is 0. The Morgan fingerprint density at radius 1 is 0.926 bits per heavy atom. The van der Waals surface area contributed by atoms with E-state index >= 15 is 0 Å². The molecule has 3 aromatic carbocycles. The van der Waals surface area contributed by atoms with Gasteiger partial charge in [0, 0.05) is 17.3 Å². The summed E-state index contributed by atoms with van der Waals surface area (Å²) < 4.78 is 5.92. The highest BCUT2D eigenvalue weighted by Crippen LogP contribution is 2.50. The molecule has 0 unspecified atom stereocenters. The van der Waals surface area contributed by atoms with E-state index in [1.807, 2.05) is 60.7 Å². The van der Waals surface area contributed by atoms with E-state index in [-0.39, 0.29) is 6.10 Å². The highest BCUT2D eigenvalue weighted by Gasteiger charge is 2.59. The molecule has 1 heterocycles. The van der Waals surface area contributed by atoms with Gasteiger partial charge < -0.3 is 9.64 Å². The molecular formula is C23H19ClN2O. The second kappa shape index (κ2) is 7.44. The van der Waals surface area contributed by atoms with E-state index in [2.05, 4.69) is 35.2 Å². The van der Waals surface area contributed by atoms with E-state index in [0.29, 0.717) is 18.1 Å². The number of hydrogen-bond donors (Lipinski definition) is 0. The maximum absolute atomic E-state index is 9.88. The van der Waals surface area contributed by atoms with Crippen LogP contribution >= 0.6 is 11.6 Å². The van der Waals surface area contributed by atoms with Gasteiger partial charge >= 0.3 is 0 Å². The Balaban J connectivity index is 1.59. The highest BCUT2D eigenvalue weighted by molar-refractivity contribution is 6.30. The predicted molar refractivity (Wildman–Crippen MR) is 108 cm³/mol. The third-order valence-electron chi connectivity index (χ3n) is 4.82. The van der Waals surface area contributed by atoms with Gasteiger partial charge in [0.15, 0.2) is 0 Å². The molecule has 0 bridgehead atoms. The lowest BCUT2D eigenvalue weighted by Crippen LogP contribution is -2.34. The highest BCUT2D eigenvalue weighted by atomic mass is 35.5. The molecule has 1 aliphatic rings. The van der Waals surface area contributed by atoms with Gasteiger partial charge in [-0.3, -0.25) is 0 Å². The third kappa shape index (κ3) is 3.83. The molecule has 3 nitrogen and oxygen atoms in total. The summed E-state index contributed by atoms with van der Waals surface area (Å²) in [6, 6.07) is 30.3. The molecule has 3 aromatic rings. The minimum absolute atomic E-state index is 0.234. The number of nitrogens with zero attached hydrogens (tertiary/aromatic N) is 2. The Morgan fingerprint density at radius 3 is 2.19 bits per heavy atom. The van der Waals surface area contributed by atoms with E-state index in [0.717, 1.165) is 11.3 Å². The quantitative estimate of drug-likeness (QED) is 0.544. The molecule has 0 spiro atoms. The molecule has 0 amide bonds. The van der Waals surface area contributed by atoms with Gasteiger partial charge in [-0.15, -0.1) is 0 Å². The van der Waals surface area contributed by atoms with Gasteiger partial charge in [-0.1, -0.05) is 72.3 Å². The summed E-state index contributed by atoms with van der Waals surface area (Å²) in [6.07, 6.45) is -0.234. The van der Waals surface area contributed by atoms with Crippen LogP contribution in [0.5, 0.6) is 0 Å². The lowest BCUT2D eigenvalue weighted by molar-refractivity contribution is 0.335. The van der Waals surface area contributed by atoms with Crippen LogP contribution in [0.1, 0.15) is 17.2 Å². The van der Waals surface area contributed by atoms with E-state index in [9.17, 15) is 5.26 Å². The molecule has 0 radical (unpaired) electrons. The van der Waals surface area contributed by atoms with Crippen LogP contribution in [0.25, 0.3) is 0 Å².